The van der Waals surface area contributed by atoms with Gasteiger partial charge in [0.15, 0.2) is 5.01 Å². The van der Waals surface area contributed by atoms with Crippen LogP contribution in [0.4, 0.5) is 0 Å². The lowest BCUT2D eigenvalue weighted by atomic mass is 10.2. The third-order valence-corrected chi connectivity index (χ3v) is 3.62. The molecular weight excluding hydrogens is 286 g/mol. The van der Waals surface area contributed by atoms with E-state index in [1.807, 2.05) is 48.5 Å². The van der Waals surface area contributed by atoms with Crippen molar-refractivity contribution in [2.24, 2.45) is 0 Å². The SMILES string of the molecule is O=C(OCc1ccccc1)c1nnc(-c2ccccn2)s1. The van der Waals surface area contributed by atoms with Crippen molar-refractivity contribution in [2.75, 3.05) is 0 Å². The molecule has 0 aliphatic heterocycles. The van der Waals surface area contributed by atoms with Crippen LogP contribution >= 0.6 is 11.3 Å². The number of esters is 1. The molecule has 6 heteroatoms. The van der Waals surface area contributed by atoms with E-state index < -0.39 is 5.97 Å². The van der Waals surface area contributed by atoms with E-state index in [2.05, 4.69) is 15.2 Å². The van der Waals surface area contributed by atoms with Crippen molar-refractivity contribution >= 4 is 17.3 Å². The summed E-state index contributed by atoms with van der Waals surface area (Å²) in [7, 11) is 0. The minimum atomic E-state index is -0.474. The number of carbonyl (C=O) groups is 1. The van der Waals surface area contributed by atoms with Gasteiger partial charge in [0.1, 0.15) is 12.3 Å². The molecule has 0 radical (unpaired) electrons. The molecule has 0 amide bonds. The number of ether oxygens (including phenoxy) is 1. The van der Waals surface area contributed by atoms with Crippen LogP contribution in [0.1, 0.15) is 15.4 Å². The summed E-state index contributed by atoms with van der Waals surface area (Å²) in [5, 5.41) is 8.65. The van der Waals surface area contributed by atoms with Gasteiger partial charge in [-0.05, 0) is 17.7 Å². The number of nitrogens with zero attached hydrogens (tertiary/aromatic N) is 3. The lowest BCUT2D eigenvalue weighted by Crippen LogP contribution is -2.04. The standard InChI is InChI=1S/C15H11N3O2S/c19-15(20-10-11-6-2-1-3-7-11)14-18-17-13(21-14)12-8-4-5-9-16-12/h1-9H,10H2. The lowest BCUT2D eigenvalue weighted by molar-refractivity contribution is 0.0471. The Bertz CT molecular complexity index is 729. The first kappa shape index (κ1) is 13.4. The Morgan fingerprint density at radius 1 is 1.05 bits per heavy atom. The number of hydrogen-bond donors (Lipinski definition) is 0. The second kappa shape index (κ2) is 6.23. The topological polar surface area (TPSA) is 65.0 Å². The molecule has 0 bridgehead atoms. The van der Waals surface area contributed by atoms with E-state index in [4.69, 9.17) is 4.74 Å². The molecule has 0 N–H and O–H groups in total. The van der Waals surface area contributed by atoms with E-state index in [-0.39, 0.29) is 11.6 Å². The van der Waals surface area contributed by atoms with Gasteiger partial charge in [-0.2, -0.15) is 0 Å². The molecule has 1 aromatic carbocycles. The maximum atomic E-state index is 11.9. The number of hydrogen-bond acceptors (Lipinski definition) is 6. The quantitative estimate of drug-likeness (QED) is 0.693. The van der Waals surface area contributed by atoms with E-state index in [1.165, 1.54) is 11.3 Å². The number of carbonyl (C=O) groups excluding carboxylic acids is 1. The average molecular weight is 297 g/mol. The molecule has 0 fully saturated rings. The van der Waals surface area contributed by atoms with Crippen LogP contribution in [0.15, 0.2) is 54.7 Å². The van der Waals surface area contributed by atoms with Gasteiger partial charge in [0, 0.05) is 6.20 Å². The normalized spacial score (nSPS) is 10.3. The zero-order chi connectivity index (χ0) is 14.5. The molecule has 3 aromatic rings. The van der Waals surface area contributed by atoms with Gasteiger partial charge in [-0.25, -0.2) is 4.79 Å². The summed E-state index contributed by atoms with van der Waals surface area (Å²) in [6, 6.07) is 15.0. The second-order valence-electron chi connectivity index (χ2n) is 4.19. The van der Waals surface area contributed by atoms with E-state index in [1.54, 1.807) is 6.20 Å². The molecule has 0 spiro atoms. The first-order valence-electron chi connectivity index (χ1n) is 6.29. The Kier molecular flexibility index (Phi) is 3.97. The van der Waals surface area contributed by atoms with Crippen LogP contribution in [0.2, 0.25) is 0 Å². The number of pyridine rings is 1. The minimum Gasteiger partial charge on any atom is -0.455 e. The predicted molar refractivity (Wildman–Crippen MR) is 78.7 cm³/mol. The first-order chi connectivity index (χ1) is 10.3. The van der Waals surface area contributed by atoms with Crippen LogP contribution in [0.25, 0.3) is 10.7 Å². The fraction of sp³-hybridized carbons (Fsp3) is 0.0667. The van der Waals surface area contributed by atoms with Crippen molar-refractivity contribution in [1.82, 2.24) is 15.2 Å². The third-order valence-electron chi connectivity index (χ3n) is 2.70. The molecule has 0 saturated heterocycles. The number of rotatable bonds is 4. The lowest BCUT2D eigenvalue weighted by Gasteiger charge is -2.01. The van der Waals surface area contributed by atoms with E-state index in [9.17, 15) is 4.79 Å². The number of benzene rings is 1. The smallest absolute Gasteiger partial charge is 0.369 e. The molecule has 21 heavy (non-hydrogen) atoms. The van der Waals surface area contributed by atoms with E-state index in [0.29, 0.717) is 10.7 Å². The Hall–Kier alpha value is -2.60. The minimum absolute atomic E-state index is 0.220. The monoisotopic (exact) mass is 297 g/mol. The highest BCUT2D eigenvalue weighted by molar-refractivity contribution is 7.16. The number of aromatic nitrogens is 3. The zero-order valence-electron chi connectivity index (χ0n) is 11.0. The van der Waals surface area contributed by atoms with Crippen molar-refractivity contribution in [2.45, 2.75) is 6.61 Å². The van der Waals surface area contributed by atoms with Gasteiger partial charge in [0.2, 0.25) is 5.01 Å². The summed E-state index contributed by atoms with van der Waals surface area (Å²) in [6.07, 6.45) is 1.67. The average Bonchev–Trinajstić information content (AvgIpc) is 3.04. The van der Waals surface area contributed by atoms with Gasteiger partial charge in [0.25, 0.3) is 0 Å². The van der Waals surface area contributed by atoms with Gasteiger partial charge in [-0.3, -0.25) is 4.98 Å². The summed E-state index contributed by atoms with van der Waals surface area (Å²) < 4.78 is 5.21. The molecule has 0 aliphatic rings. The van der Waals surface area contributed by atoms with E-state index >= 15 is 0 Å². The Labute approximate surface area is 125 Å². The molecule has 3 rings (SSSR count). The first-order valence-corrected chi connectivity index (χ1v) is 7.10. The van der Waals surface area contributed by atoms with Gasteiger partial charge in [0.05, 0.1) is 0 Å². The molecule has 0 aliphatic carbocycles. The van der Waals surface area contributed by atoms with Gasteiger partial charge in [-0.1, -0.05) is 47.7 Å². The summed E-state index contributed by atoms with van der Waals surface area (Å²) in [5.74, 6) is -0.474. The largest absolute Gasteiger partial charge is 0.455 e. The van der Waals surface area contributed by atoms with Gasteiger partial charge in [-0.15, -0.1) is 10.2 Å². The van der Waals surface area contributed by atoms with Gasteiger partial charge >= 0.3 is 5.97 Å². The Morgan fingerprint density at radius 2 is 1.86 bits per heavy atom. The molecule has 0 saturated carbocycles. The maximum absolute atomic E-state index is 11.9. The summed E-state index contributed by atoms with van der Waals surface area (Å²) in [6.45, 7) is 0.220. The van der Waals surface area contributed by atoms with Crippen molar-refractivity contribution in [3.05, 3.63) is 65.3 Å². The fourth-order valence-electron chi connectivity index (χ4n) is 1.68. The van der Waals surface area contributed by atoms with Gasteiger partial charge < -0.3 is 4.74 Å². The van der Waals surface area contributed by atoms with Crippen molar-refractivity contribution < 1.29 is 9.53 Å². The highest BCUT2D eigenvalue weighted by atomic mass is 32.1. The van der Waals surface area contributed by atoms with Crippen LogP contribution in [-0.2, 0) is 11.3 Å². The molecule has 0 atom stereocenters. The molecule has 5 nitrogen and oxygen atoms in total. The summed E-state index contributed by atoms with van der Waals surface area (Å²) >= 11 is 1.17. The van der Waals surface area contributed by atoms with Crippen molar-refractivity contribution in [1.29, 1.82) is 0 Å². The molecular formula is C15H11N3O2S. The summed E-state index contributed by atoms with van der Waals surface area (Å²) in [4.78, 5) is 16.1. The van der Waals surface area contributed by atoms with E-state index in [0.717, 1.165) is 5.56 Å². The van der Waals surface area contributed by atoms with Crippen LogP contribution in [0.3, 0.4) is 0 Å². The van der Waals surface area contributed by atoms with Crippen molar-refractivity contribution in [3.8, 4) is 10.7 Å². The molecule has 0 unspecified atom stereocenters. The Balaban J connectivity index is 1.67. The Morgan fingerprint density at radius 3 is 2.62 bits per heavy atom. The fourth-order valence-corrected chi connectivity index (χ4v) is 2.40. The second-order valence-corrected chi connectivity index (χ2v) is 5.17. The van der Waals surface area contributed by atoms with Crippen LogP contribution < -0.4 is 0 Å². The highest BCUT2D eigenvalue weighted by Crippen LogP contribution is 2.21. The van der Waals surface area contributed by atoms with Crippen LogP contribution in [0.5, 0.6) is 0 Å². The van der Waals surface area contributed by atoms with Crippen LogP contribution in [0, 0.1) is 0 Å². The van der Waals surface area contributed by atoms with Crippen LogP contribution in [-0.4, -0.2) is 21.2 Å². The molecule has 104 valence electrons. The maximum Gasteiger partial charge on any atom is 0.369 e. The predicted octanol–water partition coefficient (Wildman–Crippen LogP) is 2.96. The van der Waals surface area contributed by atoms with Crippen molar-refractivity contribution in [3.63, 3.8) is 0 Å². The molecule has 2 heterocycles. The summed E-state index contributed by atoms with van der Waals surface area (Å²) in [5.41, 5.74) is 1.62. The third kappa shape index (κ3) is 3.29. The molecule has 2 aromatic heterocycles. The highest BCUT2D eigenvalue weighted by Gasteiger charge is 2.15. The zero-order valence-corrected chi connectivity index (χ0v) is 11.8.